The van der Waals surface area contributed by atoms with Gasteiger partial charge in [0, 0.05) is 105 Å². The number of fused-ring (bicyclic) bond motifs is 6. The minimum absolute atomic E-state index is 0.0277. The van der Waals surface area contributed by atoms with E-state index in [1.54, 1.807) is 18.2 Å². The number of hydrogen-bond acceptors (Lipinski definition) is 10. The number of benzene rings is 3. The SMILES string of the molecule is CC.CO.CO.N=C1C(=O)c2ccc(C(=O)NCCOCCOCCCCCCCl)cc2C12c1ccc(N3CCC3)cc1Oc1cc(N3CCC3)ccc12. The van der Waals surface area contributed by atoms with Crippen LogP contribution in [0.25, 0.3) is 0 Å². The van der Waals surface area contributed by atoms with Crippen LogP contribution in [0.2, 0.25) is 0 Å². The van der Waals surface area contributed by atoms with Crippen LogP contribution in [0.5, 0.6) is 11.5 Å². The van der Waals surface area contributed by atoms with Crippen molar-refractivity contribution >= 4 is 40.4 Å². The number of amides is 1. The number of rotatable bonds is 15. The van der Waals surface area contributed by atoms with Gasteiger partial charge < -0.3 is 39.5 Å². The standard InChI is InChI=1S/C38H43ClN4O5.C2H6.2CH4O/c39-13-3-1-2-4-19-46-21-22-47-20-14-41-37(45)26-7-10-29-32(23-26)38(36(40)35(29)44)30-11-8-27(42-15-5-16-42)24-33(30)48-34-25-28(9-12-31(34)38)43-17-6-18-43;3*1-2/h7-12,23-25,40H,1-6,13-22H2,(H,41,45);1-2H3;2*2H,1H3. The van der Waals surface area contributed by atoms with Crippen molar-refractivity contribution in [3.63, 3.8) is 0 Å². The van der Waals surface area contributed by atoms with E-state index in [-0.39, 0.29) is 17.4 Å². The van der Waals surface area contributed by atoms with Gasteiger partial charge in [0.15, 0.2) is 0 Å². The van der Waals surface area contributed by atoms with Gasteiger partial charge in [-0.05, 0) is 61.6 Å². The van der Waals surface area contributed by atoms with Crippen LogP contribution in [-0.2, 0) is 14.9 Å². The number of aliphatic hydroxyl groups excluding tert-OH is 2. The lowest BCUT2D eigenvalue weighted by Gasteiger charge is -2.40. The molecule has 2 saturated heterocycles. The molecule has 0 atom stereocenters. The molecule has 12 heteroatoms. The largest absolute Gasteiger partial charge is 0.457 e. The molecule has 0 aromatic heterocycles. The van der Waals surface area contributed by atoms with Gasteiger partial charge in [-0.1, -0.05) is 38.8 Å². The van der Waals surface area contributed by atoms with Crippen molar-refractivity contribution in [1.82, 2.24) is 5.32 Å². The number of Topliss-reactive ketones (excluding diaryl/α,β-unsaturated/α-hetero) is 1. The Balaban J connectivity index is 0.00000103. The topological polar surface area (TPSA) is 145 Å². The minimum Gasteiger partial charge on any atom is -0.457 e. The number of carbonyl (C=O) groups excluding carboxylic acids is 2. The van der Waals surface area contributed by atoms with E-state index in [0.29, 0.717) is 67.0 Å². The van der Waals surface area contributed by atoms with Crippen molar-refractivity contribution in [2.24, 2.45) is 0 Å². The van der Waals surface area contributed by atoms with Gasteiger partial charge in [-0.25, -0.2) is 0 Å². The zero-order valence-electron chi connectivity index (χ0n) is 32.2. The number of hydrogen-bond donors (Lipinski definition) is 4. The first-order valence-electron chi connectivity index (χ1n) is 19.2. The fraction of sp³-hybridized carbons (Fsp3) is 0.500. The normalized spacial score (nSPS) is 15.4. The van der Waals surface area contributed by atoms with Crippen molar-refractivity contribution < 1.29 is 34.0 Å². The lowest BCUT2D eigenvalue weighted by Crippen LogP contribution is -2.40. The maximum atomic E-state index is 13.8. The summed E-state index contributed by atoms with van der Waals surface area (Å²) in [5.74, 6) is 1.39. The van der Waals surface area contributed by atoms with Crippen molar-refractivity contribution in [3.8, 4) is 11.5 Å². The second-order valence-electron chi connectivity index (χ2n) is 12.9. The molecule has 2 fully saturated rings. The van der Waals surface area contributed by atoms with Gasteiger partial charge in [0.1, 0.15) is 11.5 Å². The number of alkyl halides is 1. The Kier molecular flexibility index (Phi) is 16.8. The van der Waals surface area contributed by atoms with E-state index in [4.69, 9.17) is 36.0 Å². The van der Waals surface area contributed by atoms with Gasteiger partial charge in [-0.2, -0.15) is 0 Å². The molecular formula is C42H57ClN4O7. The molecule has 1 spiro atoms. The molecule has 3 heterocycles. The van der Waals surface area contributed by atoms with E-state index >= 15 is 0 Å². The van der Waals surface area contributed by atoms with Gasteiger partial charge in [-0.15, -0.1) is 11.6 Å². The molecule has 54 heavy (non-hydrogen) atoms. The van der Waals surface area contributed by atoms with Crippen LogP contribution in [0.3, 0.4) is 0 Å². The quantitative estimate of drug-likeness (QED) is 0.0998. The second-order valence-corrected chi connectivity index (χ2v) is 13.3. The Morgan fingerprint density at radius 2 is 1.33 bits per heavy atom. The highest BCUT2D eigenvalue weighted by atomic mass is 35.5. The van der Waals surface area contributed by atoms with Gasteiger partial charge in [-0.3, -0.25) is 15.0 Å². The molecule has 0 bridgehead atoms. The van der Waals surface area contributed by atoms with Crippen LogP contribution in [0.1, 0.15) is 89.8 Å². The molecular weight excluding hydrogens is 708 g/mol. The van der Waals surface area contributed by atoms with Crippen LogP contribution < -0.4 is 19.9 Å². The highest BCUT2D eigenvalue weighted by Gasteiger charge is 2.56. The number of unbranched alkanes of at least 4 members (excludes halogenated alkanes) is 3. The molecule has 11 nitrogen and oxygen atoms in total. The molecule has 3 aliphatic heterocycles. The summed E-state index contributed by atoms with van der Waals surface area (Å²) in [4.78, 5) is 31.8. The van der Waals surface area contributed by atoms with Crippen LogP contribution >= 0.6 is 11.6 Å². The third-order valence-corrected chi connectivity index (χ3v) is 10.3. The second kappa shape index (κ2) is 21.2. The molecule has 0 radical (unpaired) electrons. The molecule has 0 saturated carbocycles. The molecule has 0 unspecified atom stereocenters. The Hall–Kier alpha value is -4.00. The van der Waals surface area contributed by atoms with Crippen LogP contribution in [0.15, 0.2) is 54.6 Å². The summed E-state index contributed by atoms with van der Waals surface area (Å²) in [6.07, 6.45) is 6.60. The third-order valence-electron chi connectivity index (χ3n) is 10.0. The number of nitrogens with one attached hydrogen (secondary N) is 2. The fourth-order valence-corrected chi connectivity index (χ4v) is 7.31. The number of carbonyl (C=O) groups is 2. The first-order valence-corrected chi connectivity index (χ1v) is 19.7. The first kappa shape index (κ1) is 42.7. The number of ketones is 1. The van der Waals surface area contributed by atoms with E-state index in [2.05, 4.69) is 27.2 Å². The van der Waals surface area contributed by atoms with E-state index in [9.17, 15) is 15.0 Å². The Morgan fingerprint density at radius 1 is 0.778 bits per heavy atom. The number of ether oxygens (including phenoxy) is 3. The predicted octanol–water partition coefficient (Wildman–Crippen LogP) is 6.57. The zero-order valence-corrected chi connectivity index (χ0v) is 33.0. The first-order chi connectivity index (χ1) is 26.5. The summed E-state index contributed by atoms with van der Waals surface area (Å²) in [5, 5.41) is 26.3. The lowest BCUT2D eigenvalue weighted by molar-refractivity contribution is 0.0468. The Morgan fingerprint density at radius 3 is 1.87 bits per heavy atom. The highest BCUT2D eigenvalue weighted by molar-refractivity contribution is 6.53. The van der Waals surface area contributed by atoms with Crippen molar-refractivity contribution in [3.05, 3.63) is 82.4 Å². The van der Waals surface area contributed by atoms with Crippen molar-refractivity contribution in [2.45, 2.75) is 57.8 Å². The average Bonchev–Trinajstić information content (AvgIpc) is 3.38. The monoisotopic (exact) mass is 764 g/mol. The molecule has 4 aliphatic rings. The molecule has 3 aromatic carbocycles. The summed E-state index contributed by atoms with van der Waals surface area (Å²) in [6.45, 7) is 10.3. The van der Waals surface area contributed by atoms with Gasteiger partial charge >= 0.3 is 0 Å². The lowest BCUT2D eigenvalue weighted by atomic mass is 9.67. The van der Waals surface area contributed by atoms with Crippen LogP contribution in [0, 0.1) is 5.41 Å². The smallest absolute Gasteiger partial charge is 0.251 e. The number of halogens is 1. The predicted molar refractivity (Wildman–Crippen MR) is 216 cm³/mol. The van der Waals surface area contributed by atoms with Gasteiger partial charge in [0.2, 0.25) is 5.78 Å². The van der Waals surface area contributed by atoms with E-state index in [1.807, 2.05) is 38.1 Å². The summed E-state index contributed by atoms with van der Waals surface area (Å²) < 4.78 is 17.9. The molecule has 1 amide bonds. The Labute approximate surface area is 325 Å². The summed E-state index contributed by atoms with van der Waals surface area (Å²) in [7, 11) is 2.00. The zero-order chi connectivity index (χ0) is 39.1. The summed E-state index contributed by atoms with van der Waals surface area (Å²) in [6, 6.07) is 17.3. The average molecular weight is 765 g/mol. The number of aliphatic hydroxyl groups is 2. The molecule has 1 aliphatic carbocycles. The van der Waals surface area contributed by atoms with Gasteiger partial charge in [0.05, 0.1) is 30.9 Å². The molecule has 4 N–H and O–H groups in total. The van der Waals surface area contributed by atoms with E-state index in [1.165, 1.54) is 0 Å². The van der Waals surface area contributed by atoms with E-state index in [0.717, 1.165) is 101 Å². The molecule has 3 aromatic rings. The maximum absolute atomic E-state index is 13.8. The Bertz CT molecular complexity index is 1650. The van der Waals surface area contributed by atoms with Gasteiger partial charge in [0.25, 0.3) is 5.91 Å². The summed E-state index contributed by atoms with van der Waals surface area (Å²) >= 11 is 5.71. The molecule has 294 valence electrons. The number of nitrogens with zero attached hydrogens (tertiary/aromatic N) is 2. The third kappa shape index (κ3) is 8.92. The molecule has 7 rings (SSSR count). The van der Waals surface area contributed by atoms with Crippen molar-refractivity contribution in [2.75, 3.05) is 89.1 Å². The van der Waals surface area contributed by atoms with E-state index < -0.39 is 5.41 Å². The number of anilines is 2. The highest BCUT2D eigenvalue weighted by Crippen LogP contribution is 2.57. The summed E-state index contributed by atoms with van der Waals surface area (Å²) in [5.41, 5.74) is 3.91. The fourth-order valence-electron chi connectivity index (χ4n) is 7.12. The van der Waals surface area contributed by atoms with Crippen molar-refractivity contribution in [1.29, 1.82) is 5.41 Å². The maximum Gasteiger partial charge on any atom is 0.251 e. The van der Waals surface area contributed by atoms with Crippen LogP contribution in [0.4, 0.5) is 11.4 Å². The minimum atomic E-state index is -1.19. The van der Waals surface area contributed by atoms with Crippen LogP contribution in [-0.4, -0.2) is 107 Å².